The van der Waals surface area contributed by atoms with Crippen molar-refractivity contribution in [3.63, 3.8) is 0 Å². The van der Waals surface area contributed by atoms with Gasteiger partial charge in [0.25, 0.3) is 0 Å². The molecular formula is C34H40F3N5O4. The van der Waals surface area contributed by atoms with Gasteiger partial charge in [-0.15, -0.1) is 0 Å². The zero-order valence-electron chi connectivity index (χ0n) is 27.0. The highest BCUT2D eigenvalue weighted by Crippen LogP contribution is 2.44. The minimum absolute atomic E-state index is 0.0321. The molecule has 1 aromatic carbocycles. The van der Waals surface area contributed by atoms with E-state index in [0.717, 1.165) is 5.69 Å². The molecule has 5 rings (SSSR count). The highest BCUT2D eigenvalue weighted by atomic mass is 19.4. The van der Waals surface area contributed by atoms with Crippen molar-refractivity contribution in [3.05, 3.63) is 82.7 Å². The first kappa shape index (κ1) is 33.2. The van der Waals surface area contributed by atoms with E-state index in [9.17, 15) is 9.90 Å². The molecular weight excluding hydrogens is 599 g/mol. The molecule has 1 atom stereocenters. The molecule has 0 spiro atoms. The monoisotopic (exact) mass is 639 g/mol. The van der Waals surface area contributed by atoms with Gasteiger partial charge in [0, 0.05) is 48.5 Å². The Balaban J connectivity index is 1.53. The summed E-state index contributed by atoms with van der Waals surface area (Å²) >= 11 is 0. The maximum Gasteiger partial charge on any atom is 0.417 e. The second-order valence-electron chi connectivity index (χ2n) is 12.9. The molecule has 1 fully saturated rings. The summed E-state index contributed by atoms with van der Waals surface area (Å²) in [6.45, 7) is 8.18. The molecule has 9 nitrogen and oxygen atoms in total. The van der Waals surface area contributed by atoms with Gasteiger partial charge < -0.3 is 24.0 Å². The van der Waals surface area contributed by atoms with Crippen LogP contribution in [0.4, 0.5) is 18.0 Å². The van der Waals surface area contributed by atoms with E-state index in [1.807, 2.05) is 27.7 Å². The lowest BCUT2D eigenvalue weighted by atomic mass is 9.83. The van der Waals surface area contributed by atoms with E-state index in [1.165, 1.54) is 38.0 Å². The smallest absolute Gasteiger partial charge is 0.417 e. The quantitative estimate of drug-likeness (QED) is 0.244. The van der Waals surface area contributed by atoms with Crippen LogP contribution in [-0.2, 0) is 30.0 Å². The van der Waals surface area contributed by atoms with E-state index in [-0.39, 0.29) is 46.3 Å². The van der Waals surface area contributed by atoms with Crippen LogP contribution in [0.1, 0.15) is 73.7 Å². The molecule has 0 saturated carbocycles. The Morgan fingerprint density at radius 1 is 1.07 bits per heavy atom. The molecule has 46 heavy (non-hydrogen) atoms. The number of aliphatic hydroxyl groups is 1. The van der Waals surface area contributed by atoms with Gasteiger partial charge in [-0.25, -0.2) is 14.8 Å². The number of hydrogen-bond donors (Lipinski definition) is 1. The van der Waals surface area contributed by atoms with E-state index in [1.54, 1.807) is 34.7 Å². The van der Waals surface area contributed by atoms with Gasteiger partial charge in [-0.2, -0.15) is 13.2 Å². The van der Waals surface area contributed by atoms with Crippen LogP contribution in [0.25, 0.3) is 10.9 Å². The van der Waals surface area contributed by atoms with Crippen LogP contribution in [0, 0.1) is 12.8 Å². The van der Waals surface area contributed by atoms with Crippen LogP contribution in [0.2, 0.25) is 0 Å². The molecule has 0 aliphatic carbocycles. The fourth-order valence-electron chi connectivity index (χ4n) is 6.16. The molecule has 1 N–H and O–H groups in total. The van der Waals surface area contributed by atoms with E-state index in [2.05, 4.69) is 15.0 Å². The Morgan fingerprint density at radius 3 is 2.33 bits per heavy atom. The summed E-state index contributed by atoms with van der Waals surface area (Å²) < 4.78 is 57.6. The number of halogens is 3. The number of rotatable bonds is 7. The van der Waals surface area contributed by atoms with Gasteiger partial charge in [-0.3, -0.25) is 4.98 Å². The molecule has 12 heteroatoms. The van der Waals surface area contributed by atoms with E-state index in [4.69, 9.17) is 9.47 Å². The summed E-state index contributed by atoms with van der Waals surface area (Å²) in [4.78, 5) is 27.1. The Morgan fingerprint density at radius 2 is 1.76 bits per heavy atom. The minimum atomic E-state index is -4.74. The lowest BCUT2D eigenvalue weighted by Gasteiger charge is -2.33. The van der Waals surface area contributed by atoms with E-state index >= 15 is 13.2 Å². The number of methoxy groups -OCH3 is 1. The maximum absolute atomic E-state index is 15.0. The van der Waals surface area contributed by atoms with E-state index in [0.29, 0.717) is 43.6 Å². The molecule has 1 unspecified atom stereocenters. The van der Waals surface area contributed by atoms with Crippen molar-refractivity contribution < 1.29 is 32.5 Å². The first-order chi connectivity index (χ1) is 21.6. The topological polar surface area (TPSA) is 103 Å². The summed E-state index contributed by atoms with van der Waals surface area (Å²) in [5, 5.41) is 12.2. The number of likely N-dealkylation sites (tertiary alicyclic amines) is 1. The Labute approximate surface area is 266 Å². The number of nitrogens with zero attached hydrogens (tertiary/aromatic N) is 5. The third-order valence-corrected chi connectivity index (χ3v) is 8.53. The molecule has 246 valence electrons. The zero-order chi connectivity index (χ0) is 33.4. The second kappa shape index (κ2) is 12.5. The third kappa shape index (κ3) is 6.67. The van der Waals surface area contributed by atoms with Crippen molar-refractivity contribution in [1.82, 2.24) is 24.4 Å². The lowest BCUT2D eigenvalue weighted by molar-refractivity contribution is -0.137. The average molecular weight is 640 g/mol. The van der Waals surface area contributed by atoms with E-state index < -0.39 is 22.9 Å². The van der Waals surface area contributed by atoms with Crippen LogP contribution < -0.4 is 4.74 Å². The third-order valence-electron chi connectivity index (χ3n) is 8.53. The van der Waals surface area contributed by atoms with Crippen LogP contribution in [-0.4, -0.2) is 61.4 Å². The van der Waals surface area contributed by atoms with Gasteiger partial charge in [-0.05, 0) is 83.1 Å². The number of piperidine rings is 1. The predicted octanol–water partition coefficient (Wildman–Crippen LogP) is 6.56. The average Bonchev–Trinajstić information content (AvgIpc) is 3.44. The molecule has 4 aromatic rings. The summed E-state index contributed by atoms with van der Waals surface area (Å²) in [5.74, 6) is 0.0267. The van der Waals surface area contributed by atoms with Gasteiger partial charge in [0.05, 0.1) is 36.4 Å². The van der Waals surface area contributed by atoms with Crippen LogP contribution in [0.5, 0.6) is 5.88 Å². The summed E-state index contributed by atoms with van der Waals surface area (Å²) in [5.41, 5.74) is -1.54. The molecule has 1 saturated heterocycles. The molecule has 3 aromatic heterocycles. The SMILES string of the molecule is COc1nc2ccc(C(O)(c3ccc(C)nc3)c3cncn3C)cc2c(C(F)(F)F)c1CCC1CCN(C(=O)OC(C)(C)C)CC1. The predicted molar refractivity (Wildman–Crippen MR) is 166 cm³/mol. The number of ether oxygens (including phenoxy) is 2. The largest absolute Gasteiger partial charge is 0.481 e. The molecule has 0 radical (unpaired) electrons. The number of carbonyl (C=O) groups excluding carboxylic acids is 1. The Bertz CT molecular complexity index is 1710. The Hall–Kier alpha value is -4.19. The fraction of sp³-hybridized carbons (Fsp3) is 0.471. The van der Waals surface area contributed by atoms with Crippen LogP contribution >= 0.6 is 0 Å². The summed E-state index contributed by atoms with van der Waals surface area (Å²) in [6, 6.07) is 7.85. The number of benzene rings is 1. The van der Waals surface area contributed by atoms with Crippen molar-refractivity contribution in [2.75, 3.05) is 20.2 Å². The van der Waals surface area contributed by atoms with Crippen molar-refractivity contribution in [3.8, 4) is 5.88 Å². The summed E-state index contributed by atoms with van der Waals surface area (Å²) in [7, 11) is 3.02. The normalized spacial score (nSPS) is 16.0. The maximum atomic E-state index is 15.0. The van der Waals surface area contributed by atoms with Crippen LogP contribution in [0.3, 0.4) is 0 Å². The van der Waals surface area contributed by atoms with Crippen molar-refractivity contribution in [2.24, 2.45) is 13.0 Å². The molecule has 0 bridgehead atoms. The lowest BCUT2D eigenvalue weighted by Crippen LogP contribution is -2.41. The number of imidazole rings is 1. The summed E-state index contributed by atoms with van der Waals surface area (Å²) in [6.07, 6.45) is 1.24. The van der Waals surface area contributed by atoms with Crippen molar-refractivity contribution in [2.45, 2.75) is 70.8 Å². The van der Waals surface area contributed by atoms with Gasteiger partial charge in [0.2, 0.25) is 5.88 Å². The minimum Gasteiger partial charge on any atom is -0.481 e. The number of amides is 1. The van der Waals surface area contributed by atoms with Gasteiger partial charge in [-0.1, -0.05) is 12.1 Å². The highest BCUT2D eigenvalue weighted by Gasteiger charge is 2.41. The molecule has 1 aliphatic rings. The fourth-order valence-corrected chi connectivity index (χ4v) is 6.16. The molecule has 4 heterocycles. The number of hydrogen-bond acceptors (Lipinski definition) is 7. The first-order valence-corrected chi connectivity index (χ1v) is 15.3. The zero-order valence-corrected chi connectivity index (χ0v) is 27.0. The van der Waals surface area contributed by atoms with Gasteiger partial charge in [0.15, 0.2) is 5.60 Å². The Kier molecular flexibility index (Phi) is 9.05. The standard InChI is InChI=1S/C34H40F3N5O4/c1-21-7-9-24(18-39-21)33(44,28-19-38-20-41(28)5)23-10-12-27-26(17-23)29(34(35,36)37)25(30(40-27)45-6)11-8-22-13-15-42(16-14-22)31(43)46-32(2,3)4/h7,9-10,12,17-20,22,44H,8,11,13-16H2,1-6H3. The number of aromatic nitrogens is 4. The van der Waals surface area contributed by atoms with Crippen LogP contribution in [0.15, 0.2) is 49.1 Å². The second-order valence-corrected chi connectivity index (χ2v) is 12.9. The first-order valence-electron chi connectivity index (χ1n) is 15.3. The van der Waals surface area contributed by atoms with Gasteiger partial charge >= 0.3 is 12.3 Å². The van der Waals surface area contributed by atoms with Crippen molar-refractivity contribution in [1.29, 1.82) is 0 Å². The number of fused-ring (bicyclic) bond motifs is 1. The number of alkyl halides is 3. The molecule has 1 amide bonds. The van der Waals surface area contributed by atoms with Crippen molar-refractivity contribution >= 4 is 17.0 Å². The van der Waals surface area contributed by atoms with Gasteiger partial charge in [0.1, 0.15) is 5.60 Å². The number of aryl methyl sites for hydroxylation is 2. The highest BCUT2D eigenvalue weighted by molar-refractivity contribution is 5.86. The number of carbonyl (C=O) groups is 1. The molecule has 1 aliphatic heterocycles. The number of pyridine rings is 2.